The Morgan fingerprint density at radius 2 is 1.89 bits per heavy atom. The van der Waals surface area contributed by atoms with E-state index in [1.807, 2.05) is 20.8 Å². The van der Waals surface area contributed by atoms with Gasteiger partial charge in [-0.15, -0.1) is 0 Å². The summed E-state index contributed by atoms with van der Waals surface area (Å²) in [6.07, 6.45) is 6.00. The lowest BCUT2D eigenvalue weighted by Crippen LogP contribution is -2.38. The summed E-state index contributed by atoms with van der Waals surface area (Å²) in [5.41, 5.74) is -0.560. The molecule has 0 heterocycles. The zero-order chi connectivity index (χ0) is 13.6. The van der Waals surface area contributed by atoms with Gasteiger partial charge in [0.1, 0.15) is 5.60 Å². The van der Waals surface area contributed by atoms with Gasteiger partial charge in [-0.3, -0.25) is 4.79 Å². The molecule has 2 aliphatic rings. The fourth-order valence-corrected chi connectivity index (χ4v) is 2.74. The first-order valence-corrected chi connectivity index (χ1v) is 6.40. The minimum absolute atomic E-state index is 0.0725. The number of hydrogen-bond donors (Lipinski definition) is 1. The Balaban J connectivity index is 1.88. The second-order valence-corrected chi connectivity index (χ2v) is 6.25. The van der Waals surface area contributed by atoms with Crippen molar-refractivity contribution in [3.8, 4) is 0 Å². The molecule has 2 aliphatic carbocycles. The van der Waals surface area contributed by atoms with Crippen LogP contribution >= 0.6 is 0 Å². The minimum atomic E-state index is -0.797. The monoisotopic (exact) mass is 252 g/mol. The smallest absolute Gasteiger partial charge is 0.330 e. The van der Waals surface area contributed by atoms with Crippen molar-refractivity contribution in [3.05, 3.63) is 12.2 Å². The molecule has 0 spiro atoms. The van der Waals surface area contributed by atoms with E-state index in [2.05, 4.69) is 0 Å². The summed E-state index contributed by atoms with van der Waals surface area (Å²) < 4.78 is 5.34. The van der Waals surface area contributed by atoms with Crippen LogP contribution < -0.4 is 0 Å². The Bertz CT molecular complexity index is 404. The van der Waals surface area contributed by atoms with Gasteiger partial charge in [0, 0.05) is 6.08 Å². The SMILES string of the molecule is CC1(OC(=O)C=CC2C(C(=O)O)C2(C)C)CCC1. The molecule has 2 fully saturated rings. The molecule has 100 valence electrons. The zero-order valence-electron chi connectivity index (χ0n) is 11.1. The largest absolute Gasteiger partial charge is 0.481 e. The van der Waals surface area contributed by atoms with Gasteiger partial charge in [-0.25, -0.2) is 4.79 Å². The number of carbonyl (C=O) groups is 2. The summed E-state index contributed by atoms with van der Waals surface area (Å²) in [6.45, 7) is 5.74. The second kappa shape index (κ2) is 4.11. The topological polar surface area (TPSA) is 63.6 Å². The summed E-state index contributed by atoms with van der Waals surface area (Å²) in [5, 5.41) is 9.01. The molecular weight excluding hydrogens is 232 g/mol. The summed E-state index contributed by atoms with van der Waals surface area (Å²) in [7, 11) is 0. The van der Waals surface area contributed by atoms with E-state index >= 15 is 0 Å². The highest BCUT2D eigenvalue weighted by atomic mass is 16.6. The summed E-state index contributed by atoms with van der Waals surface area (Å²) in [5.74, 6) is -1.62. The van der Waals surface area contributed by atoms with Crippen LogP contribution in [0.2, 0.25) is 0 Å². The normalized spacial score (nSPS) is 31.7. The van der Waals surface area contributed by atoms with E-state index in [-0.39, 0.29) is 28.8 Å². The number of hydrogen-bond acceptors (Lipinski definition) is 3. The fourth-order valence-electron chi connectivity index (χ4n) is 2.74. The van der Waals surface area contributed by atoms with Crippen molar-refractivity contribution in [1.29, 1.82) is 0 Å². The maximum Gasteiger partial charge on any atom is 0.330 e. The van der Waals surface area contributed by atoms with Gasteiger partial charge in [0.2, 0.25) is 0 Å². The van der Waals surface area contributed by atoms with Crippen LogP contribution in [0.5, 0.6) is 0 Å². The number of carbonyl (C=O) groups excluding carboxylic acids is 1. The van der Waals surface area contributed by atoms with Crippen molar-refractivity contribution in [2.75, 3.05) is 0 Å². The molecule has 0 amide bonds. The van der Waals surface area contributed by atoms with Crippen molar-refractivity contribution >= 4 is 11.9 Å². The van der Waals surface area contributed by atoms with E-state index in [0.717, 1.165) is 19.3 Å². The number of allylic oxidation sites excluding steroid dienone is 1. The van der Waals surface area contributed by atoms with Crippen molar-refractivity contribution in [2.24, 2.45) is 17.3 Å². The molecule has 4 heteroatoms. The van der Waals surface area contributed by atoms with Crippen molar-refractivity contribution in [1.82, 2.24) is 0 Å². The van der Waals surface area contributed by atoms with Crippen molar-refractivity contribution < 1.29 is 19.4 Å². The molecule has 0 aromatic carbocycles. The molecule has 0 saturated heterocycles. The molecule has 0 radical (unpaired) electrons. The highest BCUT2D eigenvalue weighted by molar-refractivity contribution is 5.83. The van der Waals surface area contributed by atoms with E-state index < -0.39 is 5.97 Å². The molecule has 4 nitrogen and oxygen atoms in total. The summed E-state index contributed by atoms with van der Waals surface area (Å²) in [6, 6.07) is 0. The third kappa shape index (κ3) is 2.28. The molecule has 0 aromatic rings. The molecular formula is C14H20O4. The van der Waals surface area contributed by atoms with Gasteiger partial charge >= 0.3 is 11.9 Å². The number of carboxylic acids is 1. The number of carboxylic acid groups (broad SMARTS) is 1. The molecule has 1 N–H and O–H groups in total. The fraction of sp³-hybridized carbons (Fsp3) is 0.714. The molecule has 2 unspecified atom stereocenters. The van der Waals surface area contributed by atoms with Gasteiger partial charge in [0.05, 0.1) is 5.92 Å². The van der Waals surface area contributed by atoms with E-state index in [0.29, 0.717) is 0 Å². The maximum atomic E-state index is 11.6. The lowest BCUT2D eigenvalue weighted by Gasteiger charge is -2.37. The van der Waals surface area contributed by atoms with Crippen molar-refractivity contribution in [2.45, 2.75) is 45.6 Å². The van der Waals surface area contributed by atoms with Crippen molar-refractivity contribution in [3.63, 3.8) is 0 Å². The number of ether oxygens (including phenoxy) is 1. The number of rotatable bonds is 4. The number of esters is 1. The third-order valence-electron chi connectivity index (χ3n) is 4.37. The lowest BCUT2D eigenvalue weighted by atomic mass is 9.82. The average molecular weight is 252 g/mol. The van der Waals surface area contributed by atoms with Gasteiger partial charge < -0.3 is 9.84 Å². The third-order valence-corrected chi connectivity index (χ3v) is 4.37. The molecule has 2 atom stereocenters. The van der Waals surface area contributed by atoms with Crippen LogP contribution in [0.4, 0.5) is 0 Å². The predicted molar refractivity (Wildman–Crippen MR) is 65.9 cm³/mol. The Kier molecular flexibility index (Phi) is 2.99. The Morgan fingerprint density at radius 3 is 2.28 bits per heavy atom. The standard InChI is InChI=1S/C14H20O4/c1-13(2)9(11(13)12(16)17)5-6-10(15)18-14(3)7-4-8-14/h5-6,9,11H,4,7-8H2,1-3H3,(H,16,17). The minimum Gasteiger partial charge on any atom is -0.481 e. The first-order valence-electron chi connectivity index (χ1n) is 6.40. The quantitative estimate of drug-likeness (QED) is 0.616. The Hall–Kier alpha value is -1.32. The van der Waals surface area contributed by atoms with Gasteiger partial charge in [-0.05, 0) is 37.5 Å². The molecule has 0 bridgehead atoms. The van der Waals surface area contributed by atoms with E-state index in [1.54, 1.807) is 6.08 Å². The van der Waals surface area contributed by atoms with E-state index in [9.17, 15) is 9.59 Å². The highest BCUT2D eigenvalue weighted by Gasteiger charge is 2.60. The van der Waals surface area contributed by atoms with Crippen LogP contribution in [0.3, 0.4) is 0 Å². The molecule has 18 heavy (non-hydrogen) atoms. The molecule has 2 saturated carbocycles. The van der Waals surface area contributed by atoms with E-state index in [4.69, 9.17) is 9.84 Å². The predicted octanol–water partition coefficient (Wildman–Crippen LogP) is 2.39. The molecule has 0 aliphatic heterocycles. The summed E-state index contributed by atoms with van der Waals surface area (Å²) >= 11 is 0. The molecule has 2 rings (SSSR count). The van der Waals surface area contributed by atoms with E-state index in [1.165, 1.54) is 6.08 Å². The van der Waals surface area contributed by atoms with Gasteiger partial charge in [-0.2, -0.15) is 0 Å². The Labute approximate surface area is 107 Å². The maximum absolute atomic E-state index is 11.6. The van der Waals surface area contributed by atoms with Crippen LogP contribution in [0, 0.1) is 17.3 Å². The highest BCUT2D eigenvalue weighted by Crippen LogP contribution is 2.59. The first kappa shape index (κ1) is 13.1. The lowest BCUT2D eigenvalue weighted by molar-refractivity contribution is -0.160. The van der Waals surface area contributed by atoms with Crippen LogP contribution in [0.25, 0.3) is 0 Å². The van der Waals surface area contributed by atoms with Crippen LogP contribution in [0.1, 0.15) is 40.0 Å². The van der Waals surface area contributed by atoms with Gasteiger partial charge in [0.15, 0.2) is 0 Å². The summed E-state index contributed by atoms with van der Waals surface area (Å²) in [4.78, 5) is 22.6. The molecule has 0 aromatic heterocycles. The second-order valence-electron chi connectivity index (χ2n) is 6.25. The van der Waals surface area contributed by atoms with Crippen LogP contribution in [-0.4, -0.2) is 22.6 Å². The zero-order valence-corrected chi connectivity index (χ0v) is 11.1. The van der Waals surface area contributed by atoms with Crippen LogP contribution in [0.15, 0.2) is 12.2 Å². The average Bonchev–Trinajstić information content (AvgIpc) is 2.75. The number of aliphatic carboxylic acids is 1. The first-order chi connectivity index (χ1) is 8.26. The van der Waals surface area contributed by atoms with Gasteiger partial charge in [-0.1, -0.05) is 19.9 Å². The Morgan fingerprint density at radius 1 is 1.28 bits per heavy atom. The van der Waals surface area contributed by atoms with Crippen LogP contribution in [-0.2, 0) is 14.3 Å². The van der Waals surface area contributed by atoms with Gasteiger partial charge in [0.25, 0.3) is 0 Å².